The molecule has 0 unspecified atom stereocenters. The molecular formula is C19H22N2O2. The highest BCUT2D eigenvalue weighted by atomic mass is 16.5. The first-order valence-corrected chi connectivity index (χ1v) is 8.05. The summed E-state index contributed by atoms with van der Waals surface area (Å²) in [6, 6.07) is 15.6. The molecule has 0 aliphatic heterocycles. The lowest BCUT2D eigenvalue weighted by Gasteiger charge is -2.11. The predicted molar refractivity (Wildman–Crippen MR) is 93.3 cm³/mol. The van der Waals surface area contributed by atoms with Crippen LogP contribution in [0.3, 0.4) is 0 Å². The molecule has 0 radical (unpaired) electrons. The Morgan fingerprint density at radius 2 is 1.48 bits per heavy atom. The van der Waals surface area contributed by atoms with Crippen molar-refractivity contribution in [2.24, 2.45) is 5.92 Å². The summed E-state index contributed by atoms with van der Waals surface area (Å²) in [4.78, 5) is 11.7. The molecule has 1 fully saturated rings. The number of anilines is 3. The van der Waals surface area contributed by atoms with Crippen molar-refractivity contribution in [2.75, 3.05) is 10.6 Å². The Bertz CT molecular complexity index is 659. The van der Waals surface area contributed by atoms with E-state index in [1.54, 1.807) is 0 Å². The Morgan fingerprint density at radius 3 is 2.00 bits per heavy atom. The van der Waals surface area contributed by atoms with Crippen molar-refractivity contribution in [1.82, 2.24) is 0 Å². The lowest BCUT2D eigenvalue weighted by atomic mass is 10.2. The normalized spacial score (nSPS) is 13.7. The average Bonchev–Trinajstić information content (AvgIpc) is 3.35. The maximum Gasteiger partial charge on any atom is 0.227 e. The largest absolute Gasteiger partial charge is 0.491 e. The lowest BCUT2D eigenvalue weighted by molar-refractivity contribution is -0.117. The van der Waals surface area contributed by atoms with Gasteiger partial charge in [0.25, 0.3) is 0 Å². The Morgan fingerprint density at radius 1 is 0.957 bits per heavy atom. The number of amides is 1. The lowest BCUT2D eigenvalue weighted by Crippen LogP contribution is -2.13. The molecule has 3 rings (SSSR count). The summed E-state index contributed by atoms with van der Waals surface area (Å²) in [5, 5.41) is 6.27. The van der Waals surface area contributed by atoms with Crippen LogP contribution in [0.25, 0.3) is 0 Å². The maximum atomic E-state index is 11.7. The van der Waals surface area contributed by atoms with Crippen LogP contribution in [0, 0.1) is 5.92 Å². The first-order valence-electron chi connectivity index (χ1n) is 8.05. The van der Waals surface area contributed by atoms with Gasteiger partial charge in [-0.1, -0.05) is 0 Å². The number of carbonyl (C=O) groups excluding carboxylic acids is 1. The minimum Gasteiger partial charge on any atom is -0.491 e. The molecule has 1 aliphatic rings. The molecule has 0 heterocycles. The monoisotopic (exact) mass is 310 g/mol. The van der Waals surface area contributed by atoms with E-state index in [4.69, 9.17) is 4.74 Å². The van der Waals surface area contributed by atoms with E-state index in [2.05, 4.69) is 10.6 Å². The van der Waals surface area contributed by atoms with Crippen molar-refractivity contribution in [3.05, 3.63) is 48.5 Å². The quantitative estimate of drug-likeness (QED) is 0.822. The summed E-state index contributed by atoms with van der Waals surface area (Å²) in [5.41, 5.74) is 2.82. The van der Waals surface area contributed by atoms with Crippen LogP contribution >= 0.6 is 0 Å². The van der Waals surface area contributed by atoms with E-state index in [9.17, 15) is 4.79 Å². The number of hydrogen-bond acceptors (Lipinski definition) is 3. The second-order valence-corrected chi connectivity index (χ2v) is 6.16. The highest BCUT2D eigenvalue weighted by Gasteiger charge is 2.29. The summed E-state index contributed by atoms with van der Waals surface area (Å²) in [6.45, 7) is 4.02. The van der Waals surface area contributed by atoms with Gasteiger partial charge in [-0.05, 0) is 75.2 Å². The van der Waals surface area contributed by atoms with Crippen LogP contribution in [-0.4, -0.2) is 12.0 Å². The molecule has 2 aromatic carbocycles. The fourth-order valence-corrected chi connectivity index (χ4v) is 2.28. The zero-order valence-electron chi connectivity index (χ0n) is 13.5. The van der Waals surface area contributed by atoms with Gasteiger partial charge in [-0.15, -0.1) is 0 Å². The standard InChI is InChI=1S/C19H22N2O2/c1-13(2)23-18-11-9-16(10-12-18)20-15-5-7-17(8-6-15)21-19(22)14-3-4-14/h5-14,20H,3-4H2,1-2H3,(H,21,22). The van der Waals surface area contributed by atoms with Gasteiger partial charge in [0, 0.05) is 23.0 Å². The van der Waals surface area contributed by atoms with Gasteiger partial charge in [0.1, 0.15) is 5.75 Å². The molecule has 2 aromatic rings. The third-order valence-electron chi connectivity index (χ3n) is 3.62. The molecule has 4 heteroatoms. The van der Waals surface area contributed by atoms with Gasteiger partial charge in [0.15, 0.2) is 0 Å². The number of benzene rings is 2. The molecule has 23 heavy (non-hydrogen) atoms. The average molecular weight is 310 g/mol. The van der Waals surface area contributed by atoms with Gasteiger partial charge in [0.2, 0.25) is 5.91 Å². The zero-order chi connectivity index (χ0) is 16.2. The fraction of sp³-hybridized carbons (Fsp3) is 0.316. The highest BCUT2D eigenvalue weighted by molar-refractivity contribution is 5.94. The molecule has 0 spiro atoms. The molecule has 1 aliphatic carbocycles. The van der Waals surface area contributed by atoms with Gasteiger partial charge in [-0.25, -0.2) is 0 Å². The van der Waals surface area contributed by atoms with E-state index in [0.29, 0.717) is 0 Å². The number of hydrogen-bond donors (Lipinski definition) is 2. The SMILES string of the molecule is CC(C)Oc1ccc(Nc2ccc(NC(=O)C3CC3)cc2)cc1. The van der Waals surface area contributed by atoms with Gasteiger partial charge in [-0.3, -0.25) is 4.79 Å². The van der Waals surface area contributed by atoms with E-state index in [-0.39, 0.29) is 17.9 Å². The van der Waals surface area contributed by atoms with E-state index in [0.717, 1.165) is 35.7 Å². The molecule has 1 amide bonds. The molecule has 0 atom stereocenters. The van der Waals surface area contributed by atoms with Gasteiger partial charge in [-0.2, -0.15) is 0 Å². The van der Waals surface area contributed by atoms with E-state index in [1.807, 2.05) is 62.4 Å². The fourth-order valence-electron chi connectivity index (χ4n) is 2.28. The van der Waals surface area contributed by atoms with Gasteiger partial charge < -0.3 is 15.4 Å². The number of carbonyl (C=O) groups is 1. The van der Waals surface area contributed by atoms with Crippen LogP contribution in [0.2, 0.25) is 0 Å². The topological polar surface area (TPSA) is 50.4 Å². The van der Waals surface area contributed by atoms with Crippen molar-refractivity contribution >= 4 is 23.0 Å². The summed E-state index contributed by atoms with van der Waals surface area (Å²) in [5.74, 6) is 1.22. The van der Waals surface area contributed by atoms with Gasteiger partial charge >= 0.3 is 0 Å². The number of nitrogens with one attached hydrogen (secondary N) is 2. The van der Waals surface area contributed by atoms with Crippen molar-refractivity contribution in [3.8, 4) is 5.75 Å². The van der Waals surface area contributed by atoms with Crippen molar-refractivity contribution in [2.45, 2.75) is 32.8 Å². The van der Waals surface area contributed by atoms with Gasteiger partial charge in [0.05, 0.1) is 6.10 Å². The van der Waals surface area contributed by atoms with Crippen molar-refractivity contribution < 1.29 is 9.53 Å². The predicted octanol–water partition coefficient (Wildman–Crippen LogP) is 4.57. The summed E-state index contributed by atoms with van der Waals surface area (Å²) in [7, 11) is 0. The molecule has 4 nitrogen and oxygen atoms in total. The van der Waals surface area contributed by atoms with Crippen LogP contribution in [0.5, 0.6) is 5.75 Å². The van der Waals surface area contributed by atoms with Crippen molar-refractivity contribution in [1.29, 1.82) is 0 Å². The molecular weight excluding hydrogens is 288 g/mol. The van der Waals surface area contributed by atoms with Crippen LogP contribution in [0.1, 0.15) is 26.7 Å². The summed E-state index contributed by atoms with van der Waals surface area (Å²) >= 11 is 0. The number of ether oxygens (including phenoxy) is 1. The zero-order valence-corrected chi connectivity index (χ0v) is 13.5. The van der Waals surface area contributed by atoms with Crippen LogP contribution < -0.4 is 15.4 Å². The smallest absolute Gasteiger partial charge is 0.227 e. The minimum absolute atomic E-state index is 0.131. The highest BCUT2D eigenvalue weighted by Crippen LogP contribution is 2.30. The molecule has 0 aromatic heterocycles. The van der Waals surface area contributed by atoms with E-state index in [1.165, 1.54) is 0 Å². The van der Waals surface area contributed by atoms with Crippen LogP contribution in [0.4, 0.5) is 17.1 Å². The van der Waals surface area contributed by atoms with E-state index >= 15 is 0 Å². The Hall–Kier alpha value is -2.49. The minimum atomic E-state index is 0.131. The van der Waals surface area contributed by atoms with Crippen LogP contribution in [-0.2, 0) is 4.79 Å². The maximum absolute atomic E-state index is 11.7. The molecule has 120 valence electrons. The number of rotatable bonds is 6. The van der Waals surface area contributed by atoms with E-state index < -0.39 is 0 Å². The molecule has 1 saturated carbocycles. The third-order valence-corrected chi connectivity index (χ3v) is 3.62. The Balaban J connectivity index is 1.58. The Kier molecular flexibility index (Phi) is 4.51. The first-order chi connectivity index (χ1) is 11.1. The summed E-state index contributed by atoms with van der Waals surface area (Å²) in [6.07, 6.45) is 2.21. The molecule has 2 N–H and O–H groups in total. The molecule has 0 bridgehead atoms. The molecule has 0 saturated heterocycles. The third kappa shape index (κ3) is 4.49. The summed E-state index contributed by atoms with van der Waals surface area (Å²) < 4.78 is 5.63. The second-order valence-electron chi connectivity index (χ2n) is 6.16. The van der Waals surface area contributed by atoms with Crippen molar-refractivity contribution in [3.63, 3.8) is 0 Å². The van der Waals surface area contributed by atoms with Crippen LogP contribution in [0.15, 0.2) is 48.5 Å². The first kappa shape index (κ1) is 15.4. The second kappa shape index (κ2) is 6.73. The Labute approximate surface area is 136 Å².